The Kier molecular flexibility index (Phi) is 3.96. The van der Waals surface area contributed by atoms with Crippen molar-refractivity contribution >= 4 is 10.0 Å². The number of hydrogen-bond donors (Lipinski definition) is 0. The van der Waals surface area contributed by atoms with E-state index in [0.717, 1.165) is 10.6 Å². The largest absolute Gasteiger partial charge is 0.250 e. The van der Waals surface area contributed by atoms with Gasteiger partial charge in [-0.3, -0.25) is 0 Å². The van der Waals surface area contributed by atoms with Gasteiger partial charge in [0.2, 0.25) is 10.0 Å². The zero-order valence-corrected chi connectivity index (χ0v) is 7.86. The van der Waals surface area contributed by atoms with E-state index in [-0.39, 0.29) is 12.6 Å². The van der Waals surface area contributed by atoms with Crippen LogP contribution < -0.4 is 0 Å². The molecule has 0 fully saturated rings. The minimum absolute atomic E-state index is 0.0451. The number of sulfonamides is 1. The summed E-state index contributed by atoms with van der Waals surface area (Å²) >= 11 is 0. The van der Waals surface area contributed by atoms with Crippen molar-refractivity contribution in [3.8, 4) is 0 Å². The molecule has 0 aromatic rings. The zero-order valence-electron chi connectivity index (χ0n) is 7.04. The molecule has 0 radical (unpaired) electrons. The van der Waals surface area contributed by atoms with Gasteiger partial charge in [0.1, 0.15) is 6.67 Å². The van der Waals surface area contributed by atoms with Crippen LogP contribution in [0.15, 0.2) is 0 Å². The molecule has 0 heterocycles. The van der Waals surface area contributed by atoms with Crippen molar-refractivity contribution in [1.82, 2.24) is 4.31 Å². The molecule has 0 aliphatic heterocycles. The summed E-state index contributed by atoms with van der Waals surface area (Å²) in [4.78, 5) is 0. The first-order chi connectivity index (χ1) is 4.89. The Bertz CT molecular complexity index is 201. The van der Waals surface area contributed by atoms with Crippen molar-refractivity contribution < 1.29 is 12.8 Å². The molecule has 0 unspecified atom stereocenters. The highest BCUT2D eigenvalue weighted by molar-refractivity contribution is 7.88. The molecule has 0 aliphatic carbocycles. The SMILES string of the molecule is CC(C)N(CCF)S(C)(=O)=O. The lowest BCUT2D eigenvalue weighted by atomic mass is 10.4. The van der Waals surface area contributed by atoms with Crippen molar-refractivity contribution in [3.05, 3.63) is 0 Å². The van der Waals surface area contributed by atoms with Crippen molar-refractivity contribution in [3.63, 3.8) is 0 Å². The van der Waals surface area contributed by atoms with E-state index in [4.69, 9.17) is 0 Å². The molecule has 0 spiro atoms. The fourth-order valence-corrected chi connectivity index (χ4v) is 2.06. The van der Waals surface area contributed by atoms with Gasteiger partial charge in [-0.2, -0.15) is 4.31 Å². The van der Waals surface area contributed by atoms with Crippen LogP contribution >= 0.6 is 0 Å². The Hall–Kier alpha value is -0.160. The van der Waals surface area contributed by atoms with Crippen LogP contribution in [0, 0.1) is 0 Å². The standard InChI is InChI=1S/C6H14FNO2S/c1-6(2)8(5-4-7)11(3,9)10/h6H,4-5H2,1-3H3. The lowest BCUT2D eigenvalue weighted by Crippen LogP contribution is -2.37. The topological polar surface area (TPSA) is 37.4 Å². The van der Waals surface area contributed by atoms with Gasteiger partial charge in [-0.1, -0.05) is 0 Å². The highest BCUT2D eigenvalue weighted by atomic mass is 32.2. The quantitative estimate of drug-likeness (QED) is 0.641. The maximum absolute atomic E-state index is 11.8. The molecule has 0 saturated heterocycles. The molecule has 0 bridgehead atoms. The van der Waals surface area contributed by atoms with E-state index < -0.39 is 16.7 Å². The molecule has 0 aromatic carbocycles. The van der Waals surface area contributed by atoms with Crippen LogP contribution in [0.4, 0.5) is 4.39 Å². The monoisotopic (exact) mass is 183 g/mol. The highest BCUT2D eigenvalue weighted by Gasteiger charge is 2.18. The van der Waals surface area contributed by atoms with Crippen molar-refractivity contribution in [2.24, 2.45) is 0 Å². The lowest BCUT2D eigenvalue weighted by Gasteiger charge is -2.22. The molecule has 0 amide bonds. The predicted molar refractivity (Wildman–Crippen MR) is 42.7 cm³/mol. The lowest BCUT2D eigenvalue weighted by molar-refractivity contribution is 0.318. The smallest absolute Gasteiger partial charge is 0.211 e. The van der Waals surface area contributed by atoms with Gasteiger partial charge in [0.15, 0.2) is 0 Å². The first-order valence-electron chi connectivity index (χ1n) is 3.42. The molecular formula is C6H14FNO2S. The van der Waals surface area contributed by atoms with Gasteiger partial charge in [0, 0.05) is 12.6 Å². The molecule has 0 rings (SSSR count). The van der Waals surface area contributed by atoms with E-state index in [2.05, 4.69) is 0 Å². The molecule has 0 atom stereocenters. The molecule has 0 aromatic heterocycles. The number of halogens is 1. The summed E-state index contributed by atoms with van der Waals surface area (Å²) in [6, 6.07) is -0.166. The van der Waals surface area contributed by atoms with Gasteiger partial charge < -0.3 is 0 Å². The van der Waals surface area contributed by atoms with E-state index in [1.54, 1.807) is 13.8 Å². The Morgan fingerprint density at radius 3 is 2.00 bits per heavy atom. The second-order valence-corrected chi connectivity index (χ2v) is 4.59. The summed E-state index contributed by atoms with van der Waals surface area (Å²) in [6.07, 6.45) is 1.09. The molecule has 68 valence electrons. The second kappa shape index (κ2) is 4.01. The highest BCUT2D eigenvalue weighted by Crippen LogP contribution is 2.03. The molecular weight excluding hydrogens is 169 g/mol. The van der Waals surface area contributed by atoms with E-state index in [0.29, 0.717) is 0 Å². The fraction of sp³-hybridized carbons (Fsp3) is 1.00. The number of hydrogen-bond acceptors (Lipinski definition) is 2. The van der Waals surface area contributed by atoms with Crippen LogP contribution in [0.5, 0.6) is 0 Å². The van der Waals surface area contributed by atoms with Gasteiger partial charge in [-0.15, -0.1) is 0 Å². The maximum atomic E-state index is 11.8. The fourth-order valence-electron chi connectivity index (χ4n) is 0.890. The van der Waals surface area contributed by atoms with Crippen molar-refractivity contribution in [2.45, 2.75) is 19.9 Å². The Morgan fingerprint density at radius 2 is 1.91 bits per heavy atom. The van der Waals surface area contributed by atoms with E-state index in [1.165, 1.54) is 0 Å². The first kappa shape index (κ1) is 10.8. The molecule has 0 N–H and O–H groups in total. The Balaban J connectivity index is 4.36. The Morgan fingerprint density at radius 1 is 1.45 bits per heavy atom. The van der Waals surface area contributed by atoms with E-state index >= 15 is 0 Å². The van der Waals surface area contributed by atoms with Crippen LogP contribution in [0.2, 0.25) is 0 Å². The molecule has 11 heavy (non-hydrogen) atoms. The van der Waals surface area contributed by atoms with E-state index in [9.17, 15) is 12.8 Å². The van der Waals surface area contributed by atoms with Crippen LogP contribution in [0.25, 0.3) is 0 Å². The normalized spacial score (nSPS) is 12.9. The second-order valence-electron chi connectivity index (χ2n) is 2.66. The predicted octanol–water partition coefficient (Wildman–Crippen LogP) is 0.626. The average Bonchev–Trinajstić information content (AvgIpc) is 1.79. The molecule has 0 saturated carbocycles. The van der Waals surface area contributed by atoms with Crippen LogP contribution in [-0.4, -0.2) is 38.2 Å². The number of alkyl halides is 1. The molecule has 5 heteroatoms. The third-order valence-electron chi connectivity index (χ3n) is 1.31. The third-order valence-corrected chi connectivity index (χ3v) is 2.76. The number of nitrogens with zero attached hydrogens (tertiary/aromatic N) is 1. The summed E-state index contributed by atoms with van der Waals surface area (Å²) in [6.45, 7) is 2.76. The summed E-state index contributed by atoms with van der Waals surface area (Å²) in [5.74, 6) is 0. The van der Waals surface area contributed by atoms with Gasteiger partial charge in [0.05, 0.1) is 6.26 Å². The zero-order chi connectivity index (χ0) is 9.07. The molecule has 3 nitrogen and oxygen atoms in total. The van der Waals surface area contributed by atoms with E-state index in [1.807, 2.05) is 0 Å². The molecule has 0 aliphatic rings. The minimum Gasteiger partial charge on any atom is -0.250 e. The first-order valence-corrected chi connectivity index (χ1v) is 5.27. The van der Waals surface area contributed by atoms with Gasteiger partial charge >= 0.3 is 0 Å². The van der Waals surface area contributed by atoms with Crippen LogP contribution in [0.3, 0.4) is 0 Å². The van der Waals surface area contributed by atoms with Crippen molar-refractivity contribution in [2.75, 3.05) is 19.5 Å². The summed E-state index contributed by atoms with van der Waals surface area (Å²) in [5, 5.41) is 0. The van der Waals surface area contributed by atoms with Gasteiger partial charge in [-0.25, -0.2) is 12.8 Å². The number of rotatable bonds is 4. The van der Waals surface area contributed by atoms with Crippen molar-refractivity contribution in [1.29, 1.82) is 0 Å². The maximum Gasteiger partial charge on any atom is 0.211 e. The third kappa shape index (κ3) is 3.67. The van der Waals surface area contributed by atoms with Gasteiger partial charge in [-0.05, 0) is 13.8 Å². The minimum atomic E-state index is -3.23. The average molecular weight is 183 g/mol. The van der Waals surface area contributed by atoms with Gasteiger partial charge in [0.25, 0.3) is 0 Å². The summed E-state index contributed by atoms with van der Waals surface area (Å²) in [5.41, 5.74) is 0. The summed E-state index contributed by atoms with van der Waals surface area (Å²) in [7, 11) is -3.23. The van der Waals surface area contributed by atoms with Crippen LogP contribution in [-0.2, 0) is 10.0 Å². The Labute approximate surface area is 67.3 Å². The summed E-state index contributed by atoms with van der Waals surface area (Å²) < 4.78 is 34.8. The van der Waals surface area contributed by atoms with Crippen LogP contribution in [0.1, 0.15) is 13.8 Å².